The van der Waals surface area contributed by atoms with E-state index in [-0.39, 0.29) is 6.01 Å². The van der Waals surface area contributed by atoms with Gasteiger partial charge in [-0.05, 0) is 18.9 Å². The number of nitrogen functional groups attached to an aromatic ring is 1. The minimum Gasteiger partial charge on any atom is -0.432 e. The van der Waals surface area contributed by atoms with Crippen molar-refractivity contribution >= 4 is 16.9 Å². The van der Waals surface area contributed by atoms with Crippen LogP contribution in [-0.2, 0) is 6.42 Å². The molecular formula is C15H17N3O. The highest BCUT2D eigenvalue weighted by Gasteiger charge is 2.15. The third-order valence-corrected chi connectivity index (χ3v) is 3.34. The van der Waals surface area contributed by atoms with Gasteiger partial charge in [0, 0.05) is 22.2 Å². The lowest BCUT2D eigenvalue weighted by atomic mass is 10.0. The molecule has 0 aliphatic heterocycles. The number of fused-ring (bicyclic) bond motifs is 1. The molecule has 0 fully saturated rings. The van der Waals surface area contributed by atoms with E-state index in [4.69, 9.17) is 10.2 Å². The molecule has 0 radical (unpaired) electrons. The third-order valence-electron chi connectivity index (χ3n) is 3.34. The number of nitrogens with zero attached hydrogens (tertiary/aromatic N) is 1. The van der Waals surface area contributed by atoms with Crippen molar-refractivity contribution in [3.63, 3.8) is 0 Å². The van der Waals surface area contributed by atoms with Crippen molar-refractivity contribution in [3.8, 4) is 11.3 Å². The van der Waals surface area contributed by atoms with Gasteiger partial charge in [-0.3, -0.25) is 0 Å². The lowest BCUT2D eigenvalue weighted by molar-refractivity contribution is 0.581. The lowest BCUT2D eigenvalue weighted by Crippen LogP contribution is -1.89. The van der Waals surface area contributed by atoms with Crippen LogP contribution in [0.15, 0.2) is 34.9 Å². The molecule has 1 aromatic carbocycles. The van der Waals surface area contributed by atoms with Crippen molar-refractivity contribution in [2.45, 2.75) is 26.2 Å². The number of anilines is 1. The standard InChI is InChI=1S/C15H17N3O/c1-2-3-7-12-14(13-9-19-15(16)18-13)10-6-4-5-8-11(10)17-12/h4-6,8-9,17H,2-3,7H2,1H3,(H2,16,18). The Hall–Kier alpha value is -2.23. The maximum absolute atomic E-state index is 5.59. The molecule has 0 spiro atoms. The maximum Gasteiger partial charge on any atom is 0.292 e. The molecule has 4 nitrogen and oxygen atoms in total. The van der Waals surface area contributed by atoms with Gasteiger partial charge < -0.3 is 15.1 Å². The summed E-state index contributed by atoms with van der Waals surface area (Å²) in [5, 5.41) is 1.17. The molecule has 3 N–H and O–H groups in total. The van der Waals surface area contributed by atoms with E-state index >= 15 is 0 Å². The van der Waals surface area contributed by atoms with Crippen LogP contribution in [0.5, 0.6) is 0 Å². The Morgan fingerprint density at radius 3 is 2.89 bits per heavy atom. The normalized spacial score (nSPS) is 11.2. The number of aromatic nitrogens is 2. The van der Waals surface area contributed by atoms with Gasteiger partial charge in [0.1, 0.15) is 12.0 Å². The van der Waals surface area contributed by atoms with Crippen LogP contribution in [0.25, 0.3) is 22.2 Å². The van der Waals surface area contributed by atoms with E-state index in [1.54, 1.807) is 6.26 Å². The molecule has 3 aromatic rings. The van der Waals surface area contributed by atoms with E-state index in [0.29, 0.717) is 0 Å². The molecule has 0 bridgehead atoms. The molecular weight excluding hydrogens is 238 g/mol. The Morgan fingerprint density at radius 2 is 2.16 bits per heavy atom. The number of hydrogen-bond donors (Lipinski definition) is 2. The Balaban J connectivity index is 2.18. The minimum atomic E-state index is 0.210. The second kappa shape index (κ2) is 4.80. The van der Waals surface area contributed by atoms with Gasteiger partial charge in [-0.1, -0.05) is 31.5 Å². The van der Waals surface area contributed by atoms with Crippen LogP contribution in [0, 0.1) is 0 Å². The number of H-pyrrole nitrogens is 1. The number of benzene rings is 1. The monoisotopic (exact) mass is 255 g/mol. The smallest absolute Gasteiger partial charge is 0.292 e. The number of rotatable bonds is 4. The SMILES string of the molecule is CCCCc1[nH]c2ccccc2c1-c1coc(N)n1. The van der Waals surface area contributed by atoms with Gasteiger partial charge in [0.2, 0.25) is 0 Å². The van der Waals surface area contributed by atoms with E-state index in [0.717, 1.165) is 36.0 Å². The van der Waals surface area contributed by atoms with Crippen molar-refractivity contribution in [1.82, 2.24) is 9.97 Å². The fraction of sp³-hybridized carbons (Fsp3) is 0.267. The number of nitrogens with one attached hydrogen (secondary N) is 1. The topological polar surface area (TPSA) is 67.8 Å². The summed E-state index contributed by atoms with van der Waals surface area (Å²) in [5.41, 5.74) is 9.85. The van der Waals surface area contributed by atoms with Crippen LogP contribution < -0.4 is 5.73 Å². The molecule has 0 amide bonds. The molecule has 0 aliphatic rings. The first-order valence-corrected chi connectivity index (χ1v) is 6.60. The van der Waals surface area contributed by atoms with Crippen molar-refractivity contribution in [2.24, 2.45) is 0 Å². The summed E-state index contributed by atoms with van der Waals surface area (Å²) in [6.45, 7) is 2.19. The molecule has 0 saturated heterocycles. The first-order chi connectivity index (χ1) is 9.29. The number of hydrogen-bond acceptors (Lipinski definition) is 3. The third kappa shape index (κ3) is 2.10. The maximum atomic E-state index is 5.59. The minimum absolute atomic E-state index is 0.210. The van der Waals surface area contributed by atoms with Gasteiger partial charge in [-0.15, -0.1) is 0 Å². The molecule has 3 rings (SSSR count). The van der Waals surface area contributed by atoms with Gasteiger partial charge in [-0.25, -0.2) is 0 Å². The predicted octanol–water partition coefficient (Wildman–Crippen LogP) is 3.75. The van der Waals surface area contributed by atoms with Crippen molar-refractivity contribution in [1.29, 1.82) is 0 Å². The molecule has 0 unspecified atom stereocenters. The van der Waals surface area contributed by atoms with Crippen LogP contribution in [0.2, 0.25) is 0 Å². The Labute approximate surface area is 111 Å². The van der Waals surface area contributed by atoms with Gasteiger partial charge >= 0.3 is 0 Å². The van der Waals surface area contributed by atoms with E-state index in [9.17, 15) is 0 Å². The van der Waals surface area contributed by atoms with E-state index in [2.05, 4.69) is 29.0 Å². The van der Waals surface area contributed by atoms with Gasteiger partial charge in [0.25, 0.3) is 6.01 Å². The molecule has 2 aromatic heterocycles. The first kappa shape index (κ1) is 11.8. The summed E-state index contributed by atoms with van der Waals surface area (Å²) in [7, 11) is 0. The van der Waals surface area contributed by atoms with Crippen molar-refractivity contribution in [2.75, 3.05) is 5.73 Å². The highest BCUT2D eigenvalue weighted by Crippen LogP contribution is 2.33. The van der Waals surface area contributed by atoms with Crippen LogP contribution in [0.4, 0.5) is 6.01 Å². The fourth-order valence-corrected chi connectivity index (χ4v) is 2.43. The van der Waals surface area contributed by atoms with Gasteiger partial charge in [0.05, 0.1) is 0 Å². The molecule has 98 valence electrons. The average Bonchev–Trinajstić information content (AvgIpc) is 2.99. The Morgan fingerprint density at radius 1 is 1.32 bits per heavy atom. The molecule has 0 saturated carbocycles. The van der Waals surface area contributed by atoms with Crippen molar-refractivity contribution in [3.05, 3.63) is 36.2 Å². The number of aryl methyl sites for hydroxylation is 1. The zero-order valence-electron chi connectivity index (χ0n) is 10.9. The summed E-state index contributed by atoms with van der Waals surface area (Å²) in [6, 6.07) is 8.46. The highest BCUT2D eigenvalue weighted by atomic mass is 16.4. The number of para-hydroxylation sites is 1. The first-order valence-electron chi connectivity index (χ1n) is 6.60. The second-order valence-corrected chi connectivity index (χ2v) is 4.70. The summed E-state index contributed by atoms with van der Waals surface area (Å²) in [5.74, 6) is 0. The zero-order chi connectivity index (χ0) is 13.2. The molecule has 4 heteroatoms. The second-order valence-electron chi connectivity index (χ2n) is 4.70. The number of aromatic amines is 1. The van der Waals surface area contributed by atoms with Crippen LogP contribution in [0.1, 0.15) is 25.5 Å². The summed E-state index contributed by atoms with van der Waals surface area (Å²) in [6.07, 6.45) is 4.94. The van der Waals surface area contributed by atoms with Crippen molar-refractivity contribution < 1.29 is 4.42 Å². The Bertz CT molecular complexity index is 696. The fourth-order valence-electron chi connectivity index (χ4n) is 2.43. The van der Waals surface area contributed by atoms with E-state index in [1.165, 1.54) is 11.1 Å². The summed E-state index contributed by atoms with van der Waals surface area (Å²) < 4.78 is 5.15. The van der Waals surface area contributed by atoms with Crippen LogP contribution in [0.3, 0.4) is 0 Å². The number of unbranched alkanes of at least 4 members (excludes halogenated alkanes) is 1. The average molecular weight is 255 g/mol. The number of nitrogens with two attached hydrogens (primary N) is 1. The molecule has 0 aliphatic carbocycles. The molecule has 2 heterocycles. The summed E-state index contributed by atoms with van der Waals surface area (Å²) in [4.78, 5) is 7.75. The quantitative estimate of drug-likeness (QED) is 0.746. The Kier molecular flexibility index (Phi) is 2.99. The van der Waals surface area contributed by atoms with Crippen LogP contribution in [-0.4, -0.2) is 9.97 Å². The predicted molar refractivity (Wildman–Crippen MR) is 76.8 cm³/mol. The molecule has 0 atom stereocenters. The van der Waals surface area contributed by atoms with E-state index in [1.807, 2.05) is 12.1 Å². The highest BCUT2D eigenvalue weighted by molar-refractivity contribution is 5.96. The zero-order valence-corrected chi connectivity index (χ0v) is 10.9. The van der Waals surface area contributed by atoms with Gasteiger partial charge in [-0.2, -0.15) is 4.98 Å². The van der Waals surface area contributed by atoms with Gasteiger partial charge in [0.15, 0.2) is 0 Å². The summed E-state index contributed by atoms with van der Waals surface area (Å²) >= 11 is 0. The van der Waals surface area contributed by atoms with Crippen LogP contribution >= 0.6 is 0 Å². The largest absolute Gasteiger partial charge is 0.432 e. The van der Waals surface area contributed by atoms with E-state index < -0.39 is 0 Å². The number of oxazole rings is 1. The lowest BCUT2D eigenvalue weighted by Gasteiger charge is -2.00. The molecule has 19 heavy (non-hydrogen) atoms.